The number of hydrogen-bond donors (Lipinski definition) is 4. The number of aliphatic carboxylic acids is 1. The number of nitro benzene ring substituents is 1. The van der Waals surface area contributed by atoms with Gasteiger partial charge in [-0.05, 0) is 0 Å². The molecule has 4 N–H and O–H groups in total. The average Bonchev–Trinajstić information content (AvgIpc) is 2.45. The Hall–Kier alpha value is -2.68. The number of carbonyl (C=O) groups excluding carboxylic acids is 1. The largest absolute Gasteiger partial charge is 0.479 e. The summed E-state index contributed by atoms with van der Waals surface area (Å²) in [6.45, 7) is -0.0688. The Morgan fingerprint density at radius 2 is 1.95 bits per heavy atom. The summed E-state index contributed by atoms with van der Waals surface area (Å²) in [6.07, 6.45) is -1.67. The zero-order valence-electron chi connectivity index (χ0n) is 11.0. The first-order valence-corrected chi connectivity index (χ1v) is 6.06. The molecule has 0 saturated heterocycles. The molecule has 0 aliphatic rings. The lowest BCUT2D eigenvalue weighted by Gasteiger charge is -2.09. The molecule has 1 rings (SSSR count). The van der Waals surface area contributed by atoms with Crippen molar-refractivity contribution in [3.63, 3.8) is 0 Å². The van der Waals surface area contributed by atoms with Gasteiger partial charge in [0.1, 0.15) is 0 Å². The molecule has 0 heterocycles. The maximum Gasteiger partial charge on any atom is 0.332 e. The fourth-order valence-corrected chi connectivity index (χ4v) is 1.52. The lowest BCUT2D eigenvalue weighted by Crippen LogP contribution is -2.37. The molecule has 114 valence electrons. The Morgan fingerprint density at radius 1 is 1.29 bits per heavy atom. The van der Waals surface area contributed by atoms with Crippen LogP contribution in [0.15, 0.2) is 24.3 Å². The number of aliphatic hydroxyl groups excluding tert-OH is 1. The number of nitrogens with one attached hydrogen (secondary N) is 2. The molecule has 9 nitrogen and oxygen atoms in total. The van der Waals surface area contributed by atoms with Crippen LogP contribution in [-0.2, 0) is 11.3 Å². The molecule has 0 fully saturated rings. The fraction of sp³-hybridized carbons (Fsp3) is 0.333. The first-order valence-electron chi connectivity index (χ1n) is 6.06. The van der Waals surface area contributed by atoms with Crippen molar-refractivity contribution >= 4 is 17.7 Å². The predicted molar refractivity (Wildman–Crippen MR) is 71.6 cm³/mol. The second-order valence-corrected chi connectivity index (χ2v) is 4.14. The number of amides is 2. The third-order valence-electron chi connectivity index (χ3n) is 2.62. The van der Waals surface area contributed by atoms with Crippen molar-refractivity contribution in [1.82, 2.24) is 10.6 Å². The maximum atomic E-state index is 11.4. The molecule has 0 aromatic heterocycles. The molecule has 1 aromatic carbocycles. The molecule has 0 aliphatic carbocycles. The van der Waals surface area contributed by atoms with E-state index in [4.69, 9.17) is 10.2 Å². The fourth-order valence-electron chi connectivity index (χ4n) is 1.52. The second kappa shape index (κ2) is 7.80. The number of rotatable bonds is 7. The van der Waals surface area contributed by atoms with E-state index in [1.807, 2.05) is 0 Å². The minimum Gasteiger partial charge on any atom is -0.479 e. The highest BCUT2D eigenvalue weighted by Gasteiger charge is 2.14. The molecule has 2 amide bonds. The van der Waals surface area contributed by atoms with Gasteiger partial charge in [0.15, 0.2) is 6.10 Å². The molecule has 9 heteroatoms. The summed E-state index contributed by atoms with van der Waals surface area (Å²) in [5.41, 5.74) is 0.252. The maximum absolute atomic E-state index is 11.4. The van der Waals surface area contributed by atoms with Crippen LogP contribution in [0.2, 0.25) is 0 Å². The van der Waals surface area contributed by atoms with Gasteiger partial charge < -0.3 is 20.8 Å². The smallest absolute Gasteiger partial charge is 0.332 e. The van der Waals surface area contributed by atoms with Gasteiger partial charge in [0, 0.05) is 24.6 Å². The normalized spacial score (nSPS) is 11.5. The summed E-state index contributed by atoms with van der Waals surface area (Å²) in [5, 5.41) is 33.0. The lowest BCUT2D eigenvalue weighted by atomic mass is 10.2. The molecule has 0 saturated carbocycles. The number of hydrogen-bond acceptors (Lipinski definition) is 5. The first-order chi connectivity index (χ1) is 9.91. The van der Waals surface area contributed by atoms with Crippen molar-refractivity contribution < 1.29 is 24.7 Å². The Bertz CT molecular complexity index is 533. The number of benzene rings is 1. The van der Waals surface area contributed by atoms with E-state index in [2.05, 4.69) is 10.6 Å². The number of carboxylic acid groups (broad SMARTS) is 1. The van der Waals surface area contributed by atoms with Crippen LogP contribution in [0.25, 0.3) is 0 Å². The van der Waals surface area contributed by atoms with Gasteiger partial charge in [0.25, 0.3) is 5.69 Å². The van der Waals surface area contributed by atoms with Gasteiger partial charge in [0.2, 0.25) is 0 Å². The van der Waals surface area contributed by atoms with Crippen LogP contribution in [0.4, 0.5) is 10.5 Å². The predicted octanol–water partition coefficient (Wildman–Crippen LogP) is 0.230. The molecule has 1 aromatic rings. The quantitative estimate of drug-likeness (QED) is 0.419. The molecule has 21 heavy (non-hydrogen) atoms. The van der Waals surface area contributed by atoms with Crippen LogP contribution in [-0.4, -0.2) is 39.8 Å². The third-order valence-corrected chi connectivity index (χ3v) is 2.62. The second-order valence-electron chi connectivity index (χ2n) is 4.14. The van der Waals surface area contributed by atoms with Gasteiger partial charge in [-0.15, -0.1) is 0 Å². The van der Waals surface area contributed by atoms with Crippen molar-refractivity contribution in [2.45, 2.75) is 19.1 Å². The van der Waals surface area contributed by atoms with Crippen molar-refractivity contribution in [3.05, 3.63) is 39.9 Å². The monoisotopic (exact) mass is 297 g/mol. The highest BCUT2D eigenvalue weighted by molar-refractivity contribution is 5.74. The van der Waals surface area contributed by atoms with Crippen LogP contribution in [0.1, 0.15) is 12.0 Å². The SMILES string of the molecule is O=C(NCCC(O)C(=O)O)NCc1ccccc1[N+](=O)[O-]. The van der Waals surface area contributed by atoms with E-state index in [9.17, 15) is 19.7 Å². The molecule has 0 spiro atoms. The number of nitro groups is 1. The van der Waals surface area contributed by atoms with Crippen molar-refractivity contribution in [2.24, 2.45) is 0 Å². The van der Waals surface area contributed by atoms with Gasteiger partial charge in [-0.2, -0.15) is 0 Å². The van der Waals surface area contributed by atoms with E-state index in [-0.39, 0.29) is 25.2 Å². The summed E-state index contributed by atoms with van der Waals surface area (Å²) >= 11 is 0. The number of para-hydroxylation sites is 1. The molecular formula is C12H15N3O6. The number of urea groups is 1. The summed E-state index contributed by atoms with van der Waals surface area (Å²) in [7, 11) is 0. The van der Waals surface area contributed by atoms with Crippen LogP contribution >= 0.6 is 0 Å². The van der Waals surface area contributed by atoms with Gasteiger partial charge >= 0.3 is 12.0 Å². The highest BCUT2D eigenvalue weighted by atomic mass is 16.6. The van der Waals surface area contributed by atoms with E-state index in [1.165, 1.54) is 18.2 Å². The topological polar surface area (TPSA) is 142 Å². The van der Waals surface area contributed by atoms with Crippen LogP contribution in [0, 0.1) is 10.1 Å². The first kappa shape index (κ1) is 16.4. The zero-order valence-corrected chi connectivity index (χ0v) is 11.0. The molecule has 0 bridgehead atoms. The number of aliphatic hydroxyl groups is 1. The number of carboxylic acids is 1. The molecule has 0 radical (unpaired) electrons. The molecule has 1 unspecified atom stereocenters. The number of carbonyl (C=O) groups is 2. The third kappa shape index (κ3) is 5.45. The minimum absolute atomic E-state index is 0.0316. The van der Waals surface area contributed by atoms with Gasteiger partial charge in [-0.1, -0.05) is 18.2 Å². The number of nitrogens with zero attached hydrogens (tertiary/aromatic N) is 1. The van der Waals surface area contributed by atoms with E-state index in [0.29, 0.717) is 5.56 Å². The van der Waals surface area contributed by atoms with Gasteiger partial charge in [0.05, 0.1) is 11.5 Å². The average molecular weight is 297 g/mol. The van der Waals surface area contributed by atoms with E-state index in [1.54, 1.807) is 6.07 Å². The highest BCUT2D eigenvalue weighted by Crippen LogP contribution is 2.16. The van der Waals surface area contributed by atoms with E-state index >= 15 is 0 Å². The summed E-state index contributed by atoms with van der Waals surface area (Å²) in [4.78, 5) is 32.0. The Morgan fingerprint density at radius 3 is 2.57 bits per heavy atom. The van der Waals surface area contributed by atoms with Crippen LogP contribution in [0.5, 0.6) is 0 Å². The van der Waals surface area contributed by atoms with Crippen molar-refractivity contribution in [1.29, 1.82) is 0 Å². The van der Waals surface area contributed by atoms with E-state index in [0.717, 1.165) is 0 Å². The standard InChI is InChI=1S/C12H15N3O6/c16-10(11(17)18)5-6-13-12(19)14-7-8-3-1-2-4-9(8)15(20)21/h1-4,10,16H,5-7H2,(H,17,18)(H2,13,14,19). The lowest BCUT2D eigenvalue weighted by molar-refractivity contribution is -0.385. The molecular weight excluding hydrogens is 282 g/mol. The Kier molecular flexibility index (Phi) is 6.08. The molecule has 1 atom stereocenters. The summed E-state index contributed by atoms with van der Waals surface area (Å²) < 4.78 is 0. The molecule has 0 aliphatic heterocycles. The van der Waals surface area contributed by atoms with Crippen LogP contribution in [0.3, 0.4) is 0 Å². The van der Waals surface area contributed by atoms with E-state index < -0.39 is 23.0 Å². The summed E-state index contributed by atoms with van der Waals surface area (Å²) in [6, 6.07) is 5.39. The Balaban J connectivity index is 2.40. The van der Waals surface area contributed by atoms with Gasteiger partial charge in [-0.25, -0.2) is 9.59 Å². The van der Waals surface area contributed by atoms with Crippen molar-refractivity contribution in [3.8, 4) is 0 Å². The summed E-state index contributed by atoms with van der Waals surface area (Å²) in [5.74, 6) is -1.36. The minimum atomic E-state index is -1.54. The van der Waals surface area contributed by atoms with Crippen LogP contribution < -0.4 is 10.6 Å². The Labute approximate surface area is 119 Å². The van der Waals surface area contributed by atoms with Gasteiger partial charge in [-0.3, -0.25) is 10.1 Å². The zero-order chi connectivity index (χ0) is 15.8. The van der Waals surface area contributed by atoms with Crippen molar-refractivity contribution in [2.75, 3.05) is 6.54 Å².